The number of nitrogen functional groups attached to an aromatic ring is 1. The molecule has 1 aromatic rings. The first-order valence-electron chi connectivity index (χ1n) is 4.98. The minimum atomic E-state index is -0.217. The van der Waals surface area contributed by atoms with Gasteiger partial charge in [0.25, 0.3) is 5.91 Å². The zero-order valence-electron chi connectivity index (χ0n) is 9.03. The molecule has 1 atom stereocenters. The Kier molecular flexibility index (Phi) is 4.76. The average molecular weight is 287 g/mol. The van der Waals surface area contributed by atoms with Crippen molar-refractivity contribution in [1.29, 1.82) is 0 Å². The molecule has 0 saturated carbocycles. The zero-order chi connectivity index (χ0) is 12.1. The van der Waals surface area contributed by atoms with Crippen LogP contribution in [0.15, 0.2) is 22.7 Å². The predicted molar refractivity (Wildman–Crippen MR) is 67.1 cm³/mol. The number of hydrogen-bond acceptors (Lipinski definition) is 3. The summed E-state index contributed by atoms with van der Waals surface area (Å²) in [6, 6.07) is 5.11. The molecule has 1 aromatic carbocycles. The van der Waals surface area contributed by atoms with Gasteiger partial charge in [0.2, 0.25) is 0 Å². The van der Waals surface area contributed by atoms with Gasteiger partial charge in [-0.25, -0.2) is 0 Å². The number of nitrogens with two attached hydrogens (primary N) is 1. The van der Waals surface area contributed by atoms with E-state index >= 15 is 0 Å². The van der Waals surface area contributed by atoms with Crippen LogP contribution >= 0.6 is 15.9 Å². The molecule has 16 heavy (non-hydrogen) atoms. The van der Waals surface area contributed by atoms with Crippen molar-refractivity contribution in [1.82, 2.24) is 5.32 Å². The molecule has 0 aromatic heterocycles. The fourth-order valence-electron chi connectivity index (χ4n) is 1.17. The van der Waals surface area contributed by atoms with Crippen LogP contribution in [0.2, 0.25) is 0 Å². The molecule has 1 amide bonds. The molecule has 0 aliphatic heterocycles. The second-order valence-corrected chi connectivity index (χ2v) is 4.65. The Morgan fingerprint density at radius 3 is 2.88 bits per heavy atom. The van der Waals surface area contributed by atoms with Crippen molar-refractivity contribution in [3.05, 3.63) is 28.2 Å². The van der Waals surface area contributed by atoms with Gasteiger partial charge in [-0.3, -0.25) is 4.79 Å². The number of carbonyl (C=O) groups excluding carboxylic acids is 1. The van der Waals surface area contributed by atoms with Crippen LogP contribution in [0.5, 0.6) is 0 Å². The first-order chi connectivity index (χ1) is 7.54. The maximum absolute atomic E-state index is 11.7. The van der Waals surface area contributed by atoms with Crippen LogP contribution in [0.1, 0.15) is 17.3 Å². The first kappa shape index (κ1) is 13.0. The third-order valence-electron chi connectivity index (χ3n) is 2.18. The van der Waals surface area contributed by atoms with Crippen molar-refractivity contribution in [3.63, 3.8) is 0 Å². The lowest BCUT2D eigenvalue weighted by Crippen LogP contribution is -2.30. The summed E-state index contributed by atoms with van der Waals surface area (Å²) in [5.41, 5.74) is 6.61. The predicted octanol–water partition coefficient (Wildman–Crippen LogP) is 1.39. The monoisotopic (exact) mass is 286 g/mol. The quantitative estimate of drug-likeness (QED) is 0.732. The Hall–Kier alpha value is -1.07. The summed E-state index contributed by atoms with van der Waals surface area (Å²) in [6.07, 6.45) is 0. The Morgan fingerprint density at radius 1 is 1.62 bits per heavy atom. The number of carbonyl (C=O) groups is 1. The molecule has 88 valence electrons. The van der Waals surface area contributed by atoms with Crippen LogP contribution in [0, 0.1) is 5.92 Å². The van der Waals surface area contributed by atoms with Crippen LogP contribution in [0.4, 0.5) is 5.69 Å². The van der Waals surface area contributed by atoms with Gasteiger partial charge in [-0.1, -0.05) is 22.9 Å². The van der Waals surface area contributed by atoms with Crippen molar-refractivity contribution in [2.75, 3.05) is 18.9 Å². The summed E-state index contributed by atoms with van der Waals surface area (Å²) < 4.78 is 0.838. The summed E-state index contributed by atoms with van der Waals surface area (Å²) in [6.45, 7) is 2.34. The van der Waals surface area contributed by atoms with Gasteiger partial charge in [-0.05, 0) is 24.1 Å². The van der Waals surface area contributed by atoms with Gasteiger partial charge in [-0.2, -0.15) is 0 Å². The summed E-state index contributed by atoms with van der Waals surface area (Å²) in [7, 11) is 0. The highest BCUT2D eigenvalue weighted by Crippen LogP contribution is 2.18. The van der Waals surface area contributed by atoms with Gasteiger partial charge in [0.05, 0.1) is 5.56 Å². The molecular weight excluding hydrogens is 272 g/mol. The maximum atomic E-state index is 11.7. The highest BCUT2D eigenvalue weighted by atomic mass is 79.9. The summed E-state index contributed by atoms with van der Waals surface area (Å²) in [5.74, 6) is -0.175. The van der Waals surface area contributed by atoms with E-state index in [1.807, 2.05) is 6.92 Å². The molecule has 5 heteroatoms. The van der Waals surface area contributed by atoms with Gasteiger partial charge < -0.3 is 16.2 Å². The summed E-state index contributed by atoms with van der Waals surface area (Å²) in [4.78, 5) is 11.7. The topological polar surface area (TPSA) is 75.3 Å². The molecule has 0 saturated heterocycles. The van der Waals surface area contributed by atoms with Crippen LogP contribution in [-0.4, -0.2) is 24.2 Å². The lowest BCUT2D eigenvalue weighted by atomic mass is 10.1. The molecule has 0 aliphatic carbocycles. The van der Waals surface area contributed by atoms with Crippen LogP contribution in [0.3, 0.4) is 0 Å². The highest BCUT2D eigenvalue weighted by Gasteiger charge is 2.10. The van der Waals surface area contributed by atoms with Crippen LogP contribution in [-0.2, 0) is 0 Å². The van der Waals surface area contributed by atoms with E-state index in [1.165, 1.54) is 0 Å². The molecule has 0 radical (unpaired) electrons. The molecule has 4 N–H and O–H groups in total. The lowest BCUT2D eigenvalue weighted by molar-refractivity contribution is 0.0943. The van der Waals surface area contributed by atoms with Crippen molar-refractivity contribution in [3.8, 4) is 0 Å². The third-order valence-corrected chi connectivity index (χ3v) is 2.67. The molecule has 0 bridgehead atoms. The fourth-order valence-corrected chi connectivity index (χ4v) is 1.55. The second-order valence-electron chi connectivity index (χ2n) is 3.73. The number of aliphatic hydroxyl groups is 1. The van der Waals surface area contributed by atoms with E-state index < -0.39 is 0 Å². The number of nitrogens with one attached hydrogen (secondary N) is 1. The molecule has 0 heterocycles. The smallest absolute Gasteiger partial charge is 0.253 e. The number of amides is 1. The van der Waals surface area contributed by atoms with E-state index in [0.29, 0.717) is 17.8 Å². The highest BCUT2D eigenvalue weighted by molar-refractivity contribution is 9.10. The minimum absolute atomic E-state index is 0.0422. The second kappa shape index (κ2) is 5.86. The number of halogens is 1. The van der Waals surface area contributed by atoms with Gasteiger partial charge in [0.15, 0.2) is 0 Å². The molecule has 1 unspecified atom stereocenters. The van der Waals surface area contributed by atoms with E-state index in [0.717, 1.165) is 4.47 Å². The zero-order valence-corrected chi connectivity index (χ0v) is 10.6. The Balaban J connectivity index is 2.66. The summed E-state index contributed by atoms with van der Waals surface area (Å²) in [5, 5.41) is 11.5. The number of aliphatic hydroxyl groups excluding tert-OH is 1. The molecule has 0 fully saturated rings. The lowest BCUT2D eigenvalue weighted by Gasteiger charge is -2.11. The molecular formula is C11H15BrN2O2. The van der Waals surface area contributed by atoms with E-state index in [2.05, 4.69) is 21.2 Å². The number of benzene rings is 1. The van der Waals surface area contributed by atoms with E-state index in [9.17, 15) is 4.79 Å². The maximum Gasteiger partial charge on any atom is 0.253 e. The largest absolute Gasteiger partial charge is 0.398 e. The van der Waals surface area contributed by atoms with Crippen molar-refractivity contribution < 1.29 is 9.90 Å². The SMILES string of the molecule is CC(CO)CNC(=O)c1ccc(Br)cc1N. The minimum Gasteiger partial charge on any atom is -0.398 e. The summed E-state index contributed by atoms with van der Waals surface area (Å²) >= 11 is 3.27. The number of rotatable bonds is 4. The van der Waals surface area contributed by atoms with E-state index in [-0.39, 0.29) is 18.4 Å². The average Bonchev–Trinajstić information content (AvgIpc) is 2.25. The third kappa shape index (κ3) is 3.50. The number of hydrogen-bond donors (Lipinski definition) is 3. The Morgan fingerprint density at radius 2 is 2.31 bits per heavy atom. The van der Waals surface area contributed by atoms with Crippen LogP contribution < -0.4 is 11.1 Å². The van der Waals surface area contributed by atoms with Crippen LogP contribution in [0.25, 0.3) is 0 Å². The van der Waals surface area contributed by atoms with Gasteiger partial charge >= 0.3 is 0 Å². The first-order valence-corrected chi connectivity index (χ1v) is 5.78. The fraction of sp³-hybridized carbons (Fsp3) is 0.364. The molecule has 1 rings (SSSR count). The Labute approximate surface area is 103 Å². The van der Waals surface area contributed by atoms with Crippen molar-refractivity contribution in [2.24, 2.45) is 5.92 Å². The normalized spacial score (nSPS) is 12.2. The molecule has 4 nitrogen and oxygen atoms in total. The van der Waals surface area contributed by atoms with Gasteiger partial charge in [0, 0.05) is 23.3 Å². The van der Waals surface area contributed by atoms with Crippen molar-refractivity contribution >= 4 is 27.5 Å². The van der Waals surface area contributed by atoms with Gasteiger partial charge in [-0.15, -0.1) is 0 Å². The van der Waals surface area contributed by atoms with E-state index in [4.69, 9.17) is 10.8 Å². The van der Waals surface area contributed by atoms with E-state index in [1.54, 1.807) is 18.2 Å². The van der Waals surface area contributed by atoms with Crippen molar-refractivity contribution in [2.45, 2.75) is 6.92 Å². The molecule has 0 aliphatic rings. The standard InChI is InChI=1S/C11H15BrN2O2/c1-7(6-15)5-14-11(16)9-3-2-8(12)4-10(9)13/h2-4,7,15H,5-6,13H2,1H3,(H,14,16). The molecule has 0 spiro atoms. The Bertz CT molecular complexity index is 382. The number of anilines is 1. The van der Waals surface area contributed by atoms with Gasteiger partial charge in [0.1, 0.15) is 0 Å².